The lowest BCUT2D eigenvalue weighted by Gasteiger charge is -2.11. The number of hydrogen-bond acceptors (Lipinski definition) is 4. The van der Waals surface area contributed by atoms with Gasteiger partial charge >= 0.3 is 0 Å². The molecule has 2 N–H and O–H groups in total. The Morgan fingerprint density at radius 1 is 1.08 bits per heavy atom. The predicted octanol–water partition coefficient (Wildman–Crippen LogP) is 4.74. The van der Waals surface area contributed by atoms with Crippen molar-refractivity contribution in [1.82, 2.24) is 9.38 Å². The van der Waals surface area contributed by atoms with Crippen LogP contribution in [0, 0.1) is 11.3 Å². The monoisotopic (exact) mass is 332 g/mol. The summed E-state index contributed by atoms with van der Waals surface area (Å²) in [6.45, 7) is 0. The average Bonchev–Trinajstić information content (AvgIpc) is 3.10. The zero-order chi connectivity index (χ0) is 17.2. The van der Waals surface area contributed by atoms with Crippen LogP contribution in [0.5, 0.6) is 0 Å². The van der Waals surface area contributed by atoms with Gasteiger partial charge in [-0.25, -0.2) is 9.37 Å². The molecule has 0 bridgehead atoms. The smallest absolute Gasteiger partial charge is 0.155 e. The lowest BCUT2D eigenvalue weighted by molar-refractivity contribution is 0.628. The summed E-state index contributed by atoms with van der Waals surface area (Å²) in [6.07, 6.45) is 3.44. The van der Waals surface area contributed by atoms with Crippen molar-refractivity contribution in [2.75, 3.05) is 5.32 Å². The van der Waals surface area contributed by atoms with Gasteiger partial charge in [0.1, 0.15) is 5.82 Å². The van der Waals surface area contributed by atoms with Crippen molar-refractivity contribution in [1.29, 1.82) is 5.53 Å². The second kappa shape index (κ2) is 6.12. The van der Waals surface area contributed by atoms with E-state index in [1.54, 1.807) is 12.1 Å². The molecule has 0 spiro atoms. The van der Waals surface area contributed by atoms with Crippen LogP contribution in [0.4, 0.5) is 15.9 Å². The number of fused-ring (bicyclic) bond motifs is 3. The molecule has 2 aromatic heterocycles. The first kappa shape index (κ1) is 14.9. The van der Waals surface area contributed by atoms with E-state index in [1.807, 2.05) is 40.9 Å². The second-order valence-corrected chi connectivity index (χ2v) is 5.45. The van der Waals surface area contributed by atoms with Crippen molar-refractivity contribution in [3.05, 3.63) is 72.2 Å². The highest BCUT2D eigenvalue weighted by Crippen LogP contribution is 2.26. The molecule has 2 aromatic carbocycles. The zero-order valence-electron chi connectivity index (χ0n) is 13.0. The Labute approximate surface area is 142 Å². The number of nitrogens with zero attached hydrogens (tertiary/aromatic N) is 4. The molecule has 122 valence electrons. The van der Waals surface area contributed by atoms with Crippen LogP contribution in [0.1, 0.15) is 5.56 Å². The van der Waals surface area contributed by atoms with Gasteiger partial charge in [-0.05, 0) is 48.0 Å². The molecule has 6 nitrogen and oxygen atoms in total. The van der Waals surface area contributed by atoms with E-state index in [0.29, 0.717) is 11.5 Å². The van der Waals surface area contributed by atoms with Crippen LogP contribution in [0.25, 0.3) is 16.6 Å². The van der Waals surface area contributed by atoms with Crippen molar-refractivity contribution >= 4 is 34.3 Å². The van der Waals surface area contributed by atoms with Gasteiger partial charge in [0.15, 0.2) is 5.82 Å². The molecule has 0 amide bonds. The first-order valence-corrected chi connectivity index (χ1v) is 7.58. The summed E-state index contributed by atoms with van der Waals surface area (Å²) in [5, 5.41) is 9.73. The maximum Gasteiger partial charge on any atom is 0.155 e. The Morgan fingerprint density at radius 2 is 2.00 bits per heavy atom. The van der Waals surface area contributed by atoms with E-state index < -0.39 is 0 Å². The second-order valence-electron chi connectivity index (χ2n) is 5.45. The molecule has 4 rings (SSSR count). The van der Waals surface area contributed by atoms with E-state index in [-0.39, 0.29) is 5.82 Å². The zero-order valence-corrected chi connectivity index (χ0v) is 13.0. The lowest BCUT2D eigenvalue weighted by Crippen LogP contribution is -2.00. The van der Waals surface area contributed by atoms with Gasteiger partial charge in [0, 0.05) is 11.9 Å². The molecule has 0 aliphatic rings. The minimum absolute atomic E-state index is 0.310. The van der Waals surface area contributed by atoms with E-state index >= 15 is 0 Å². The molecule has 0 radical (unpaired) electrons. The van der Waals surface area contributed by atoms with Crippen LogP contribution in [0.2, 0.25) is 0 Å². The van der Waals surface area contributed by atoms with E-state index in [0.717, 1.165) is 22.1 Å². The van der Waals surface area contributed by atoms with Crippen LogP contribution < -0.4 is 5.32 Å². The molecule has 0 unspecified atom stereocenters. The highest BCUT2D eigenvalue weighted by molar-refractivity contribution is 5.91. The van der Waals surface area contributed by atoms with Gasteiger partial charge in [-0.15, -0.1) is 5.10 Å². The van der Waals surface area contributed by atoms with E-state index in [2.05, 4.69) is 20.6 Å². The Bertz CT molecular complexity index is 1120. The number of aromatic nitrogens is 2. The Hall–Kier alpha value is -3.61. The van der Waals surface area contributed by atoms with Crippen molar-refractivity contribution in [2.45, 2.75) is 0 Å². The van der Waals surface area contributed by atoms with Gasteiger partial charge in [0.05, 0.1) is 22.8 Å². The first-order chi connectivity index (χ1) is 12.2. The fraction of sp³-hybridized carbons (Fsp3) is 0. The molecular formula is C18H13FN6. The van der Waals surface area contributed by atoms with Crippen LogP contribution >= 0.6 is 0 Å². The number of nitrogens with one attached hydrogen (secondary N) is 2. The molecule has 0 saturated carbocycles. The standard InChI is InChI=1S/C18H13FN6/c19-13-3-1-4-14(10-13)22-18-17-5-2-8-25(17)16-7-6-12(11-21-24-20)9-15(16)23-18/h1-11,20H,(H,22,23). The van der Waals surface area contributed by atoms with Gasteiger partial charge in [0.2, 0.25) is 0 Å². The van der Waals surface area contributed by atoms with E-state index in [1.165, 1.54) is 18.3 Å². The molecule has 0 aliphatic carbocycles. The van der Waals surface area contributed by atoms with Gasteiger partial charge < -0.3 is 9.72 Å². The molecule has 0 fully saturated rings. The van der Waals surface area contributed by atoms with Crippen LogP contribution in [0.15, 0.2) is 71.1 Å². The Morgan fingerprint density at radius 3 is 2.84 bits per heavy atom. The average molecular weight is 332 g/mol. The molecule has 7 heteroatoms. The minimum Gasteiger partial charge on any atom is -0.338 e. The number of rotatable bonds is 4. The third-order valence-corrected chi connectivity index (χ3v) is 3.83. The van der Waals surface area contributed by atoms with Crippen LogP contribution in [0.3, 0.4) is 0 Å². The fourth-order valence-electron chi connectivity index (χ4n) is 2.77. The van der Waals surface area contributed by atoms with E-state index in [4.69, 9.17) is 5.53 Å². The van der Waals surface area contributed by atoms with Crippen LogP contribution in [-0.4, -0.2) is 15.6 Å². The van der Waals surface area contributed by atoms with Crippen molar-refractivity contribution in [3.8, 4) is 0 Å². The van der Waals surface area contributed by atoms with Gasteiger partial charge in [-0.1, -0.05) is 17.4 Å². The molecule has 0 saturated heterocycles. The summed E-state index contributed by atoms with van der Waals surface area (Å²) in [7, 11) is 0. The van der Waals surface area contributed by atoms with Crippen LogP contribution in [-0.2, 0) is 0 Å². The molecule has 25 heavy (non-hydrogen) atoms. The van der Waals surface area contributed by atoms with Gasteiger partial charge in [-0.3, -0.25) is 0 Å². The van der Waals surface area contributed by atoms with Crippen molar-refractivity contribution in [2.24, 2.45) is 10.3 Å². The quantitative estimate of drug-likeness (QED) is 0.322. The topological polar surface area (TPSA) is 77.9 Å². The third kappa shape index (κ3) is 2.83. The normalized spacial score (nSPS) is 11.4. The van der Waals surface area contributed by atoms with Gasteiger partial charge in [-0.2, -0.15) is 5.53 Å². The highest BCUT2D eigenvalue weighted by Gasteiger charge is 2.09. The van der Waals surface area contributed by atoms with Gasteiger partial charge in [0.25, 0.3) is 0 Å². The lowest BCUT2D eigenvalue weighted by atomic mass is 10.2. The SMILES string of the molecule is N=NN=Cc1ccc2c(c1)nc(Nc1cccc(F)c1)c1cccn12. The summed E-state index contributed by atoms with van der Waals surface area (Å²) in [5.41, 5.74) is 10.7. The summed E-state index contributed by atoms with van der Waals surface area (Å²) in [6, 6.07) is 15.8. The highest BCUT2D eigenvalue weighted by atomic mass is 19.1. The predicted molar refractivity (Wildman–Crippen MR) is 95.1 cm³/mol. The minimum atomic E-state index is -0.310. The number of halogens is 1. The fourth-order valence-corrected chi connectivity index (χ4v) is 2.77. The van der Waals surface area contributed by atoms with Crippen molar-refractivity contribution < 1.29 is 4.39 Å². The summed E-state index contributed by atoms with van der Waals surface area (Å²) in [4.78, 5) is 4.68. The molecule has 0 atom stereocenters. The maximum absolute atomic E-state index is 13.4. The maximum atomic E-state index is 13.4. The number of hydrogen-bond donors (Lipinski definition) is 2. The summed E-state index contributed by atoms with van der Waals surface area (Å²) < 4.78 is 15.5. The Kier molecular flexibility index (Phi) is 3.66. The molecule has 2 heterocycles. The molecule has 4 aromatic rings. The third-order valence-electron chi connectivity index (χ3n) is 3.83. The Balaban J connectivity index is 1.88. The van der Waals surface area contributed by atoms with E-state index in [9.17, 15) is 4.39 Å². The molecule has 0 aliphatic heterocycles. The summed E-state index contributed by atoms with van der Waals surface area (Å²) >= 11 is 0. The first-order valence-electron chi connectivity index (χ1n) is 7.58. The largest absolute Gasteiger partial charge is 0.338 e. The number of benzene rings is 2. The number of anilines is 2. The van der Waals surface area contributed by atoms with Crippen molar-refractivity contribution in [3.63, 3.8) is 0 Å². The molecular weight excluding hydrogens is 319 g/mol. The summed E-state index contributed by atoms with van der Waals surface area (Å²) in [5.74, 6) is 0.317.